The Balaban J connectivity index is 1.40. The molecule has 0 radical (unpaired) electrons. The number of hydrogen-bond donors (Lipinski definition) is 2. The molecule has 1 aromatic heterocycles. The Morgan fingerprint density at radius 3 is 2.52 bits per heavy atom. The number of likely N-dealkylation sites (tertiary alicyclic amines) is 1. The lowest BCUT2D eigenvalue weighted by atomic mass is 9.68. The number of thioether (sulfide) groups is 1. The number of carbonyl (C=O) groups is 3. The summed E-state index contributed by atoms with van der Waals surface area (Å²) < 4.78 is 5.31. The number of aromatic amines is 1. The van der Waals surface area contributed by atoms with Gasteiger partial charge in [-0.15, -0.1) is 11.8 Å². The summed E-state index contributed by atoms with van der Waals surface area (Å²) in [4.78, 5) is 54.9. The van der Waals surface area contributed by atoms with Crippen LogP contribution < -0.4 is 9.61 Å². The Morgan fingerprint density at radius 1 is 1.15 bits per heavy atom. The molecule has 6 rings (SSSR count). The number of H-pyrrole nitrogens is 1. The monoisotopic (exact) mass is 486 g/mol. The molecule has 33 heavy (non-hydrogen) atoms. The van der Waals surface area contributed by atoms with Crippen LogP contribution in [0.15, 0.2) is 34.1 Å². The van der Waals surface area contributed by atoms with Crippen LogP contribution in [0, 0.1) is 29.6 Å². The van der Waals surface area contributed by atoms with Crippen LogP contribution in [-0.2, 0) is 14.4 Å². The van der Waals surface area contributed by atoms with Crippen LogP contribution in [0.5, 0.6) is 5.75 Å². The number of hydrogen-bond acceptors (Lipinski definition) is 7. The number of aromatic nitrogens is 1. The minimum Gasteiger partial charge on any atom is -0.497 e. The fraction of sp³-hybridized carbons (Fsp3) is 0.478. The number of imide groups is 1. The largest absolute Gasteiger partial charge is 0.497 e. The Hall–Kier alpha value is -2.59. The van der Waals surface area contributed by atoms with Gasteiger partial charge in [0, 0.05) is 22.6 Å². The van der Waals surface area contributed by atoms with Crippen LogP contribution in [0.2, 0.25) is 0 Å². The summed E-state index contributed by atoms with van der Waals surface area (Å²) in [5.74, 6) is -1.32. The molecule has 8 nitrogen and oxygen atoms in total. The molecular weight excluding hydrogens is 464 g/mol. The maximum Gasteiger partial charge on any atom is 0.305 e. The van der Waals surface area contributed by atoms with Gasteiger partial charge in [-0.25, -0.2) is 0 Å². The highest BCUT2D eigenvalue weighted by molar-refractivity contribution is 8.00. The Kier molecular flexibility index (Phi) is 4.74. The lowest BCUT2D eigenvalue weighted by Crippen LogP contribution is -2.42. The molecule has 7 atom stereocenters. The number of amides is 2. The van der Waals surface area contributed by atoms with E-state index in [0.29, 0.717) is 0 Å². The third-order valence-electron chi connectivity index (χ3n) is 7.84. The van der Waals surface area contributed by atoms with E-state index in [1.165, 1.54) is 16.2 Å². The number of carboxylic acids is 1. The second kappa shape index (κ2) is 7.46. The number of ether oxygens (including phenoxy) is 1. The molecule has 172 valence electrons. The number of benzene rings is 1. The Morgan fingerprint density at radius 2 is 1.85 bits per heavy atom. The van der Waals surface area contributed by atoms with E-state index in [9.17, 15) is 19.2 Å². The van der Waals surface area contributed by atoms with Gasteiger partial charge in [0.05, 0.1) is 30.4 Å². The van der Waals surface area contributed by atoms with Crippen molar-refractivity contribution >= 4 is 40.9 Å². The van der Waals surface area contributed by atoms with Gasteiger partial charge in [-0.05, 0) is 41.9 Å². The van der Waals surface area contributed by atoms with Gasteiger partial charge in [-0.2, -0.15) is 0 Å². The quantitative estimate of drug-likeness (QED) is 0.623. The molecule has 2 N–H and O–H groups in total. The van der Waals surface area contributed by atoms with Crippen LogP contribution in [0.25, 0.3) is 0 Å². The minimum absolute atomic E-state index is 0.0289. The molecule has 10 heteroatoms. The van der Waals surface area contributed by atoms with Crippen molar-refractivity contribution in [3.8, 4) is 5.75 Å². The summed E-state index contributed by atoms with van der Waals surface area (Å²) in [5.41, 5.74) is 1.08. The van der Waals surface area contributed by atoms with E-state index in [1.807, 2.05) is 24.3 Å². The number of thiazole rings is 1. The normalized spacial score (nSPS) is 33.7. The molecule has 4 aliphatic rings. The van der Waals surface area contributed by atoms with E-state index in [2.05, 4.69) is 4.98 Å². The fourth-order valence-corrected chi connectivity index (χ4v) is 9.58. The second-order valence-corrected chi connectivity index (χ2v) is 11.4. The van der Waals surface area contributed by atoms with Gasteiger partial charge < -0.3 is 14.8 Å². The van der Waals surface area contributed by atoms with E-state index in [-0.39, 0.29) is 64.5 Å². The van der Waals surface area contributed by atoms with Crippen molar-refractivity contribution in [2.24, 2.45) is 29.6 Å². The van der Waals surface area contributed by atoms with Gasteiger partial charge in [-0.1, -0.05) is 23.5 Å². The number of rotatable bonds is 5. The first kappa shape index (κ1) is 21.0. The van der Waals surface area contributed by atoms with E-state index in [4.69, 9.17) is 9.84 Å². The summed E-state index contributed by atoms with van der Waals surface area (Å²) in [6, 6.07) is 7.87. The fourth-order valence-electron chi connectivity index (χ4n) is 6.69. The molecule has 1 saturated heterocycles. The van der Waals surface area contributed by atoms with Gasteiger partial charge in [-0.3, -0.25) is 24.1 Å². The number of carbonyl (C=O) groups excluding carboxylic acids is 2. The van der Waals surface area contributed by atoms with Crippen molar-refractivity contribution in [2.45, 2.75) is 29.0 Å². The minimum atomic E-state index is -1.02. The van der Waals surface area contributed by atoms with E-state index >= 15 is 0 Å². The van der Waals surface area contributed by atoms with E-state index in [1.54, 1.807) is 18.9 Å². The predicted octanol–water partition coefficient (Wildman–Crippen LogP) is 2.39. The molecule has 2 aliphatic carbocycles. The van der Waals surface area contributed by atoms with Crippen molar-refractivity contribution < 1.29 is 24.2 Å². The zero-order chi connectivity index (χ0) is 23.0. The van der Waals surface area contributed by atoms with Crippen molar-refractivity contribution in [3.05, 3.63) is 44.4 Å². The standard InChI is InChI=1S/C23H22N2O6S2/c1-31-10-4-2-9(3-5-10)14-15-11-8-12(18(15)32-20-19(14)33-23(30)24-20)17-16(11)21(28)25(22(17)29)7-6-13(26)27/h2-5,11-12,14-18H,6-8H2,1H3,(H,24,30)(H,26,27)/t11-,12+,14-,15+,16+,17+,18+/m0/s1. The molecule has 3 heterocycles. The number of aliphatic carboxylic acids is 1. The first-order valence-corrected chi connectivity index (χ1v) is 12.7. The lowest BCUT2D eigenvalue weighted by Gasteiger charge is -2.43. The number of carboxylic acid groups (broad SMARTS) is 1. The third kappa shape index (κ3) is 2.96. The van der Waals surface area contributed by atoms with Gasteiger partial charge in [0.25, 0.3) is 0 Å². The van der Waals surface area contributed by atoms with Crippen molar-refractivity contribution in [1.82, 2.24) is 9.88 Å². The maximum absolute atomic E-state index is 13.3. The second-order valence-electron chi connectivity index (χ2n) is 9.21. The summed E-state index contributed by atoms with van der Waals surface area (Å²) in [6.45, 7) is -0.0650. The summed E-state index contributed by atoms with van der Waals surface area (Å²) in [5, 5.41) is 10.0. The van der Waals surface area contributed by atoms with Gasteiger partial charge >= 0.3 is 10.8 Å². The number of methoxy groups -OCH3 is 1. The highest BCUT2D eigenvalue weighted by Crippen LogP contribution is 2.68. The van der Waals surface area contributed by atoms with Crippen molar-refractivity contribution in [3.63, 3.8) is 0 Å². The molecule has 2 saturated carbocycles. The highest BCUT2D eigenvalue weighted by atomic mass is 32.2. The molecule has 0 unspecified atom stereocenters. The average Bonchev–Trinajstić information content (AvgIpc) is 3.52. The van der Waals surface area contributed by atoms with Crippen molar-refractivity contribution in [1.29, 1.82) is 0 Å². The van der Waals surface area contributed by atoms with Gasteiger partial charge in [0.15, 0.2) is 0 Å². The van der Waals surface area contributed by atoms with Crippen molar-refractivity contribution in [2.75, 3.05) is 13.7 Å². The molecule has 1 aromatic carbocycles. The lowest BCUT2D eigenvalue weighted by molar-refractivity contribution is -0.142. The Labute approximate surface area is 197 Å². The molecule has 2 bridgehead atoms. The van der Waals surface area contributed by atoms with E-state index < -0.39 is 11.9 Å². The van der Waals surface area contributed by atoms with E-state index in [0.717, 1.165) is 27.6 Å². The molecule has 2 amide bonds. The predicted molar refractivity (Wildman–Crippen MR) is 120 cm³/mol. The first-order chi connectivity index (χ1) is 15.9. The number of nitrogens with zero attached hydrogens (tertiary/aromatic N) is 1. The third-order valence-corrected chi connectivity index (χ3v) is 10.4. The molecule has 0 spiro atoms. The zero-order valence-corrected chi connectivity index (χ0v) is 19.4. The smallest absolute Gasteiger partial charge is 0.305 e. The van der Waals surface area contributed by atoms with Crippen LogP contribution >= 0.6 is 23.1 Å². The molecular formula is C23H22N2O6S2. The topological polar surface area (TPSA) is 117 Å². The van der Waals surface area contributed by atoms with Crippen LogP contribution in [0.1, 0.15) is 29.2 Å². The highest BCUT2D eigenvalue weighted by Gasteiger charge is 2.69. The zero-order valence-electron chi connectivity index (χ0n) is 17.7. The summed E-state index contributed by atoms with van der Waals surface area (Å²) in [7, 11) is 1.62. The number of nitrogens with one attached hydrogen (secondary N) is 1. The Bertz CT molecular complexity index is 1220. The number of fused-ring (bicyclic) bond motifs is 9. The molecule has 3 fully saturated rings. The SMILES string of the molecule is COc1ccc([C@@H]2c3sc(=O)[nH]c3S[C@@H]3[C@@H]4C[C@H]([C@H]5C(=O)N(CCC(=O)O)C(=O)[C@H]45)[C@H]23)cc1. The summed E-state index contributed by atoms with van der Waals surface area (Å²) >= 11 is 2.87. The van der Waals surface area contributed by atoms with Crippen LogP contribution in [0.4, 0.5) is 0 Å². The molecule has 2 aromatic rings. The van der Waals surface area contributed by atoms with Crippen LogP contribution in [-0.4, -0.2) is 51.7 Å². The maximum atomic E-state index is 13.3. The van der Waals surface area contributed by atoms with Gasteiger partial charge in [0.2, 0.25) is 11.8 Å². The average molecular weight is 487 g/mol. The molecule has 2 aliphatic heterocycles. The van der Waals surface area contributed by atoms with Crippen LogP contribution in [0.3, 0.4) is 0 Å². The first-order valence-electron chi connectivity index (χ1n) is 11.0. The van der Waals surface area contributed by atoms with Gasteiger partial charge in [0.1, 0.15) is 5.75 Å². The summed E-state index contributed by atoms with van der Waals surface area (Å²) in [6.07, 6.45) is 0.578.